The number of amides is 2. The van der Waals surface area contributed by atoms with Gasteiger partial charge >= 0.3 is 0 Å². The molecule has 1 aliphatic heterocycles. The molecule has 1 saturated carbocycles. The number of oxazole rings is 1. The van der Waals surface area contributed by atoms with E-state index in [9.17, 15) is 19.7 Å². The fraction of sp³-hybridized carbons (Fsp3) is 0.348. The monoisotopic (exact) mass is 434 g/mol. The Hall–Kier alpha value is -3.75. The van der Waals surface area contributed by atoms with Gasteiger partial charge in [0.05, 0.1) is 4.92 Å². The van der Waals surface area contributed by atoms with Crippen molar-refractivity contribution in [3.05, 3.63) is 63.5 Å². The van der Waals surface area contributed by atoms with Crippen molar-refractivity contribution in [3.8, 4) is 0 Å². The average molecular weight is 434 g/mol. The van der Waals surface area contributed by atoms with Crippen LogP contribution >= 0.6 is 0 Å². The van der Waals surface area contributed by atoms with Gasteiger partial charge in [0, 0.05) is 35.3 Å². The van der Waals surface area contributed by atoms with Crippen molar-refractivity contribution >= 4 is 34.3 Å². The highest BCUT2D eigenvalue weighted by Gasteiger charge is 2.35. The summed E-state index contributed by atoms with van der Waals surface area (Å²) in [6.45, 7) is 2.05. The van der Waals surface area contributed by atoms with E-state index in [1.165, 1.54) is 23.1 Å². The maximum Gasteiger partial charge on any atom is 0.272 e. The van der Waals surface area contributed by atoms with Crippen LogP contribution < -0.4 is 5.32 Å². The fourth-order valence-electron chi connectivity index (χ4n) is 4.20. The van der Waals surface area contributed by atoms with Crippen LogP contribution in [0.5, 0.6) is 0 Å². The van der Waals surface area contributed by atoms with Gasteiger partial charge in [-0.1, -0.05) is 0 Å². The van der Waals surface area contributed by atoms with Gasteiger partial charge in [-0.25, -0.2) is 4.98 Å². The first-order valence-electron chi connectivity index (χ1n) is 10.7. The highest BCUT2D eigenvalue weighted by Crippen LogP contribution is 2.40. The second-order valence-corrected chi connectivity index (χ2v) is 8.41. The smallest absolute Gasteiger partial charge is 0.272 e. The molecule has 164 valence electrons. The third kappa shape index (κ3) is 3.70. The van der Waals surface area contributed by atoms with Crippen molar-refractivity contribution < 1.29 is 18.9 Å². The zero-order valence-corrected chi connectivity index (χ0v) is 17.5. The lowest BCUT2D eigenvalue weighted by Gasteiger charge is -2.24. The summed E-state index contributed by atoms with van der Waals surface area (Å²) in [5.74, 6) is 0.581. The molecule has 1 unspecified atom stereocenters. The zero-order chi connectivity index (χ0) is 22.4. The minimum Gasteiger partial charge on any atom is -0.440 e. The molecule has 5 rings (SSSR count). The van der Waals surface area contributed by atoms with Crippen LogP contribution in [0, 0.1) is 17.0 Å². The number of carbonyl (C=O) groups excluding carboxylic acids is 2. The first-order chi connectivity index (χ1) is 15.4. The van der Waals surface area contributed by atoms with Crippen molar-refractivity contribution in [1.29, 1.82) is 0 Å². The number of nitro groups is 1. The number of hydrogen-bond donors (Lipinski definition) is 1. The van der Waals surface area contributed by atoms with Gasteiger partial charge in [0.15, 0.2) is 11.5 Å². The lowest BCUT2D eigenvalue weighted by molar-refractivity contribution is -0.385. The van der Waals surface area contributed by atoms with Gasteiger partial charge in [-0.3, -0.25) is 19.7 Å². The Morgan fingerprint density at radius 3 is 2.72 bits per heavy atom. The molecule has 0 bridgehead atoms. The van der Waals surface area contributed by atoms with Crippen LogP contribution in [-0.4, -0.2) is 39.2 Å². The number of likely N-dealkylation sites (tertiary alicyclic amines) is 1. The number of nitrogens with one attached hydrogen (secondary N) is 1. The number of rotatable bonds is 5. The predicted molar refractivity (Wildman–Crippen MR) is 117 cm³/mol. The molecule has 2 fully saturated rings. The Balaban J connectivity index is 1.32. The molecule has 2 amide bonds. The fourth-order valence-corrected chi connectivity index (χ4v) is 4.20. The summed E-state index contributed by atoms with van der Waals surface area (Å²) in [5.41, 5.74) is 2.70. The molecule has 9 nitrogen and oxygen atoms in total. The van der Waals surface area contributed by atoms with Crippen LogP contribution in [0.15, 0.2) is 40.8 Å². The summed E-state index contributed by atoms with van der Waals surface area (Å²) in [4.78, 5) is 42.7. The van der Waals surface area contributed by atoms with Crippen molar-refractivity contribution in [1.82, 2.24) is 9.88 Å². The van der Waals surface area contributed by atoms with Gasteiger partial charge in [-0.05, 0) is 62.9 Å². The summed E-state index contributed by atoms with van der Waals surface area (Å²) in [6.07, 6.45) is 3.46. The molecule has 1 aliphatic carbocycles. The normalized spacial score (nSPS) is 18.2. The summed E-state index contributed by atoms with van der Waals surface area (Å²) < 4.78 is 5.76. The topological polar surface area (TPSA) is 119 Å². The quantitative estimate of drug-likeness (QED) is 0.476. The van der Waals surface area contributed by atoms with Gasteiger partial charge in [-0.2, -0.15) is 0 Å². The maximum absolute atomic E-state index is 13.0. The van der Waals surface area contributed by atoms with Crippen LogP contribution in [-0.2, 0) is 4.79 Å². The highest BCUT2D eigenvalue weighted by atomic mass is 16.6. The number of nitrogens with zero attached hydrogens (tertiary/aromatic N) is 3. The summed E-state index contributed by atoms with van der Waals surface area (Å²) >= 11 is 0. The van der Waals surface area contributed by atoms with Gasteiger partial charge < -0.3 is 14.6 Å². The number of hydrogen-bond acceptors (Lipinski definition) is 6. The second-order valence-electron chi connectivity index (χ2n) is 8.41. The van der Waals surface area contributed by atoms with E-state index in [-0.39, 0.29) is 17.5 Å². The van der Waals surface area contributed by atoms with Gasteiger partial charge in [0.1, 0.15) is 11.6 Å². The van der Waals surface area contributed by atoms with E-state index in [0.717, 1.165) is 18.7 Å². The molecule has 2 heterocycles. The molecule has 0 radical (unpaired) electrons. The summed E-state index contributed by atoms with van der Waals surface area (Å²) in [7, 11) is 0. The molecule has 9 heteroatoms. The number of aromatic nitrogens is 1. The van der Waals surface area contributed by atoms with E-state index >= 15 is 0 Å². The van der Waals surface area contributed by atoms with E-state index in [4.69, 9.17) is 4.42 Å². The molecule has 2 aliphatic rings. The lowest BCUT2D eigenvalue weighted by Crippen LogP contribution is -2.43. The largest absolute Gasteiger partial charge is 0.440 e. The molecule has 3 aromatic rings. The van der Waals surface area contributed by atoms with Crippen molar-refractivity contribution in [3.63, 3.8) is 0 Å². The lowest BCUT2D eigenvalue weighted by atomic mass is 10.1. The van der Waals surface area contributed by atoms with Gasteiger partial charge in [0.25, 0.3) is 11.6 Å². The van der Waals surface area contributed by atoms with Gasteiger partial charge in [0.2, 0.25) is 5.91 Å². The third-order valence-corrected chi connectivity index (χ3v) is 6.05. The first kappa shape index (κ1) is 20.2. The van der Waals surface area contributed by atoms with E-state index in [0.29, 0.717) is 53.2 Å². The molecular formula is C23H22N4O5. The number of aryl methyl sites for hydroxylation is 1. The van der Waals surface area contributed by atoms with Crippen molar-refractivity contribution in [2.45, 2.75) is 44.6 Å². The Labute approximate surface area is 183 Å². The second kappa shape index (κ2) is 7.74. The number of fused-ring (bicyclic) bond motifs is 1. The van der Waals surface area contributed by atoms with Crippen LogP contribution in [0.1, 0.15) is 53.4 Å². The van der Waals surface area contributed by atoms with Crippen LogP contribution in [0.3, 0.4) is 0 Å². The molecule has 2 aromatic carbocycles. The Bertz CT molecular complexity index is 1250. The van der Waals surface area contributed by atoms with Crippen LogP contribution in [0.2, 0.25) is 0 Å². The Kier molecular flexibility index (Phi) is 4.88. The minimum atomic E-state index is -0.604. The molecule has 1 N–H and O–H groups in total. The van der Waals surface area contributed by atoms with Crippen molar-refractivity contribution in [2.75, 3.05) is 11.9 Å². The van der Waals surface area contributed by atoms with Crippen LogP contribution in [0.25, 0.3) is 11.1 Å². The number of anilines is 1. The predicted octanol–water partition coefficient (Wildman–Crippen LogP) is 4.17. The van der Waals surface area contributed by atoms with E-state index in [2.05, 4.69) is 10.3 Å². The molecule has 1 atom stereocenters. The minimum absolute atomic E-state index is 0.0367. The highest BCUT2D eigenvalue weighted by molar-refractivity contribution is 6.02. The number of carbonyl (C=O) groups is 2. The standard InChI is InChI=1S/C23H22N4O5/c1-13-11-15(6-8-18(13)27(30)31)23(29)26-10-2-3-19(26)21(28)24-16-7-9-20-17(12-16)25-22(32-20)14-4-5-14/h6-9,11-12,14,19H,2-5,10H2,1H3,(H,24,28). The maximum atomic E-state index is 13.0. The molecule has 32 heavy (non-hydrogen) atoms. The zero-order valence-electron chi connectivity index (χ0n) is 17.5. The summed E-state index contributed by atoms with van der Waals surface area (Å²) in [6, 6.07) is 9.01. The average Bonchev–Trinajstić information content (AvgIpc) is 3.34. The Morgan fingerprint density at radius 2 is 2.00 bits per heavy atom. The first-order valence-corrected chi connectivity index (χ1v) is 10.7. The van der Waals surface area contributed by atoms with E-state index < -0.39 is 11.0 Å². The number of nitro benzene ring substituents is 1. The molecule has 1 aromatic heterocycles. The number of benzene rings is 2. The third-order valence-electron chi connectivity index (χ3n) is 6.05. The van der Waals surface area contributed by atoms with E-state index in [1.807, 2.05) is 0 Å². The molecular weight excluding hydrogens is 412 g/mol. The van der Waals surface area contributed by atoms with Crippen LogP contribution in [0.4, 0.5) is 11.4 Å². The Morgan fingerprint density at radius 1 is 1.19 bits per heavy atom. The molecule has 1 saturated heterocycles. The van der Waals surface area contributed by atoms with Crippen molar-refractivity contribution in [2.24, 2.45) is 0 Å². The SMILES string of the molecule is Cc1cc(C(=O)N2CCCC2C(=O)Nc2ccc3oc(C4CC4)nc3c2)ccc1[N+](=O)[O-]. The molecule has 0 spiro atoms. The van der Waals surface area contributed by atoms with Gasteiger partial charge in [-0.15, -0.1) is 0 Å². The van der Waals surface area contributed by atoms with E-state index in [1.54, 1.807) is 25.1 Å². The summed E-state index contributed by atoms with van der Waals surface area (Å²) in [5, 5.41) is 13.9.